The van der Waals surface area contributed by atoms with Crippen LogP contribution in [0.25, 0.3) is 0 Å². The van der Waals surface area contributed by atoms with Gasteiger partial charge in [0.1, 0.15) is 6.54 Å². The summed E-state index contributed by atoms with van der Waals surface area (Å²) in [5, 5.41) is 12.8. The topological polar surface area (TPSA) is 69.6 Å². The average molecular weight is 311 g/mol. The maximum absolute atomic E-state index is 12.6. The molecule has 114 valence electrons. The van der Waals surface area contributed by atoms with Crippen molar-refractivity contribution in [1.29, 1.82) is 0 Å². The Bertz CT molecular complexity index is 496. The van der Waals surface area contributed by atoms with Crippen LogP contribution in [0.3, 0.4) is 0 Å². The number of amides is 1. The highest BCUT2D eigenvalue weighted by Gasteiger charge is 2.27. The summed E-state index contributed by atoms with van der Waals surface area (Å²) in [4.78, 5) is 25.0. The van der Waals surface area contributed by atoms with E-state index < -0.39 is 5.97 Å². The number of nitrogens with one attached hydrogen (secondary N) is 1. The summed E-state index contributed by atoms with van der Waals surface area (Å²) in [7, 11) is 0. The Kier molecular flexibility index (Phi) is 5.59. The molecule has 0 radical (unpaired) electrons. The fourth-order valence-electron chi connectivity index (χ4n) is 2.48. The van der Waals surface area contributed by atoms with E-state index in [2.05, 4.69) is 5.32 Å². The molecule has 1 aliphatic rings. The Morgan fingerprint density at radius 3 is 2.62 bits per heavy atom. The number of carbonyl (C=O) groups excluding carboxylic acids is 1. The number of benzene rings is 1. The Labute approximate surface area is 128 Å². The fourth-order valence-corrected chi connectivity index (χ4v) is 2.61. The van der Waals surface area contributed by atoms with Crippen molar-refractivity contribution in [3.05, 3.63) is 29.3 Å². The van der Waals surface area contributed by atoms with E-state index in [4.69, 9.17) is 16.7 Å². The molecule has 0 saturated carbocycles. The normalized spacial score (nSPS) is 18.8. The monoisotopic (exact) mass is 310 g/mol. The van der Waals surface area contributed by atoms with Gasteiger partial charge in [0.2, 0.25) is 5.91 Å². The van der Waals surface area contributed by atoms with Crippen molar-refractivity contribution in [2.75, 3.05) is 18.0 Å². The molecule has 0 bridgehead atoms. The van der Waals surface area contributed by atoms with Gasteiger partial charge < -0.3 is 10.4 Å². The minimum absolute atomic E-state index is 0.193. The number of rotatable bonds is 4. The second-order valence-electron chi connectivity index (χ2n) is 5.15. The van der Waals surface area contributed by atoms with Crippen LogP contribution in [0.4, 0.5) is 5.69 Å². The van der Waals surface area contributed by atoms with Crippen molar-refractivity contribution in [2.45, 2.75) is 31.7 Å². The molecular formula is C15H19ClN2O3. The lowest BCUT2D eigenvalue weighted by molar-refractivity contribution is -0.136. The van der Waals surface area contributed by atoms with E-state index in [1.165, 1.54) is 4.90 Å². The lowest BCUT2D eigenvalue weighted by atomic mass is 10.1. The van der Waals surface area contributed by atoms with Gasteiger partial charge in [0.15, 0.2) is 0 Å². The third kappa shape index (κ3) is 4.44. The molecule has 1 amide bonds. The standard InChI is InChI=1S/C15H19ClN2O3/c16-11-5-7-12(8-6-11)18(10-14(19)20)15(21)13-4-2-1-3-9-17-13/h5-8,13,17H,1-4,9-10H2,(H,19,20). The van der Waals surface area contributed by atoms with Crippen LogP contribution >= 0.6 is 11.6 Å². The maximum atomic E-state index is 12.6. The van der Waals surface area contributed by atoms with Crippen molar-refractivity contribution in [3.63, 3.8) is 0 Å². The summed E-state index contributed by atoms with van der Waals surface area (Å²) in [5.74, 6) is -1.23. The first-order valence-electron chi connectivity index (χ1n) is 7.10. The van der Waals surface area contributed by atoms with Crippen LogP contribution in [0, 0.1) is 0 Å². The number of carbonyl (C=O) groups is 2. The minimum Gasteiger partial charge on any atom is -0.480 e. The molecule has 1 heterocycles. The molecule has 21 heavy (non-hydrogen) atoms. The molecule has 5 nitrogen and oxygen atoms in total. The summed E-state index contributed by atoms with van der Waals surface area (Å²) in [6.07, 6.45) is 3.85. The molecular weight excluding hydrogens is 292 g/mol. The Morgan fingerprint density at radius 1 is 1.24 bits per heavy atom. The van der Waals surface area contributed by atoms with Crippen LogP contribution < -0.4 is 10.2 Å². The van der Waals surface area contributed by atoms with Crippen LogP contribution in [0.1, 0.15) is 25.7 Å². The highest BCUT2D eigenvalue weighted by atomic mass is 35.5. The number of hydrogen-bond donors (Lipinski definition) is 2. The van der Waals surface area contributed by atoms with E-state index in [-0.39, 0.29) is 18.5 Å². The van der Waals surface area contributed by atoms with Gasteiger partial charge in [-0.2, -0.15) is 0 Å². The van der Waals surface area contributed by atoms with E-state index >= 15 is 0 Å². The van der Waals surface area contributed by atoms with Gasteiger partial charge in [-0.3, -0.25) is 14.5 Å². The quantitative estimate of drug-likeness (QED) is 0.895. The largest absolute Gasteiger partial charge is 0.480 e. The highest BCUT2D eigenvalue weighted by Crippen LogP contribution is 2.20. The second kappa shape index (κ2) is 7.43. The molecule has 6 heteroatoms. The van der Waals surface area contributed by atoms with E-state index in [0.717, 1.165) is 32.2 Å². The lowest BCUT2D eigenvalue weighted by Crippen LogP contribution is -2.48. The smallest absolute Gasteiger partial charge is 0.323 e. The predicted molar refractivity (Wildman–Crippen MR) is 81.7 cm³/mol. The van der Waals surface area contributed by atoms with Gasteiger partial charge in [0.05, 0.1) is 6.04 Å². The van der Waals surface area contributed by atoms with E-state index in [9.17, 15) is 9.59 Å². The number of nitrogens with zero attached hydrogens (tertiary/aromatic N) is 1. The fraction of sp³-hybridized carbons (Fsp3) is 0.467. The van der Waals surface area contributed by atoms with Crippen molar-refractivity contribution < 1.29 is 14.7 Å². The molecule has 1 aromatic carbocycles. The molecule has 1 unspecified atom stereocenters. The van der Waals surface area contributed by atoms with Gasteiger partial charge in [0.25, 0.3) is 0 Å². The van der Waals surface area contributed by atoms with Crippen molar-refractivity contribution in [3.8, 4) is 0 Å². The zero-order valence-electron chi connectivity index (χ0n) is 11.7. The molecule has 1 fully saturated rings. The summed E-state index contributed by atoms with van der Waals surface area (Å²) in [6.45, 7) is 0.441. The van der Waals surface area contributed by atoms with Crippen LogP contribution in [0.15, 0.2) is 24.3 Å². The third-order valence-electron chi connectivity index (χ3n) is 3.56. The molecule has 0 aliphatic carbocycles. The zero-order chi connectivity index (χ0) is 15.2. The summed E-state index contributed by atoms with van der Waals surface area (Å²) >= 11 is 5.84. The molecule has 1 aliphatic heterocycles. The first-order valence-corrected chi connectivity index (χ1v) is 7.48. The van der Waals surface area contributed by atoms with Gasteiger partial charge in [-0.25, -0.2) is 0 Å². The molecule has 0 aromatic heterocycles. The number of halogens is 1. The molecule has 1 aromatic rings. The number of carboxylic acid groups (broad SMARTS) is 1. The number of hydrogen-bond acceptors (Lipinski definition) is 3. The average Bonchev–Trinajstić information content (AvgIpc) is 2.74. The van der Waals surface area contributed by atoms with Crippen molar-refractivity contribution in [1.82, 2.24) is 5.32 Å². The molecule has 2 rings (SSSR count). The third-order valence-corrected chi connectivity index (χ3v) is 3.81. The Hall–Kier alpha value is -1.59. The van der Waals surface area contributed by atoms with Crippen molar-refractivity contribution >= 4 is 29.2 Å². The second-order valence-corrected chi connectivity index (χ2v) is 5.59. The van der Waals surface area contributed by atoms with Gasteiger partial charge in [-0.15, -0.1) is 0 Å². The molecule has 1 atom stereocenters. The Balaban J connectivity index is 2.19. The Morgan fingerprint density at radius 2 is 1.95 bits per heavy atom. The number of anilines is 1. The number of aliphatic carboxylic acids is 1. The minimum atomic E-state index is -1.04. The van der Waals surface area contributed by atoms with Crippen LogP contribution in [-0.2, 0) is 9.59 Å². The van der Waals surface area contributed by atoms with Gasteiger partial charge >= 0.3 is 5.97 Å². The van der Waals surface area contributed by atoms with E-state index in [1.54, 1.807) is 24.3 Å². The van der Waals surface area contributed by atoms with Gasteiger partial charge in [-0.1, -0.05) is 24.4 Å². The maximum Gasteiger partial charge on any atom is 0.323 e. The zero-order valence-corrected chi connectivity index (χ0v) is 12.5. The molecule has 2 N–H and O–H groups in total. The molecule has 1 saturated heterocycles. The molecule has 0 spiro atoms. The first kappa shape index (κ1) is 15.8. The van der Waals surface area contributed by atoms with E-state index in [1.807, 2.05) is 0 Å². The highest BCUT2D eigenvalue weighted by molar-refractivity contribution is 6.30. The predicted octanol–water partition coefficient (Wildman–Crippen LogP) is 2.29. The van der Waals surface area contributed by atoms with Crippen LogP contribution in [0.2, 0.25) is 5.02 Å². The lowest BCUT2D eigenvalue weighted by Gasteiger charge is -2.26. The van der Waals surface area contributed by atoms with Gasteiger partial charge in [-0.05, 0) is 43.7 Å². The summed E-state index contributed by atoms with van der Waals surface area (Å²) in [5.41, 5.74) is 0.554. The summed E-state index contributed by atoms with van der Waals surface area (Å²) in [6, 6.07) is 6.32. The van der Waals surface area contributed by atoms with Crippen molar-refractivity contribution in [2.24, 2.45) is 0 Å². The van der Waals surface area contributed by atoms with E-state index in [0.29, 0.717) is 10.7 Å². The van der Waals surface area contributed by atoms with Crippen LogP contribution in [-0.4, -0.2) is 36.1 Å². The number of carboxylic acids is 1. The first-order chi connectivity index (χ1) is 10.1. The van der Waals surface area contributed by atoms with Crippen LogP contribution in [0.5, 0.6) is 0 Å². The SMILES string of the molecule is O=C(O)CN(C(=O)C1CCCCCN1)c1ccc(Cl)cc1. The van der Waals surface area contributed by atoms with Gasteiger partial charge in [0, 0.05) is 10.7 Å². The summed E-state index contributed by atoms with van der Waals surface area (Å²) < 4.78 is 0.